The van der Waals surface area contributed by atoms with Gasteiger partial charge in [0.2, 0.25) is 0 Å². The van der Waals surface area contributed by atoms with Crippen molar-refractivity contribution in [1.82, 2.24) is 9.78 Å². The van der Waals surface area contributed by atoms with Gasteiger partial charge in [0.05, 0.1) is 23.4 Å². The Morgan fingerprint density at radius 3 is 2.81 bits per heavy atom. The van der Waals surface area contributed by atoms with Crippen LogP contribution in [0.15, 0.2) is 12.3 Å². The minimum Gasteiger partial charge on any atom is -0.390 e. The Morgan fingerprint density at radius 2 is 2.14 bits per heavy atom. The SMILES string of the molecule is COC1(C(O)Cc2ccn(C3CCCC3)n2)CCOCC1. The summed E-state index contributed by atoms with van der Waals surface area (Å²) in [7, 11) is 1.69. The highest BCUT2D eigenvalue weighted by Gasteiger charge is 2.40. The van der Waals surface area contributed by atoms with Crippen molar-refractivity contribution in [1.29, 1.82) is 0 Å². The predicted octanol–water partition coefficient (Wildman–Crippen LogP) is 2.10. The van der Waals surface area contributed by atoms with E-state index in [1.165, 1.54) is 25.7 Å². The summed E-state index contributed by atoms with van der Waals surface area (Å²) in [6.45, 7) is 1.31. The molecule has 0 radical (unpaired) electrons. The van der Waals surface area contributed by atoms with Crippen molar-refractivity contribution < 1.29 is 14.6 Å². The van der Waals surface area contributed by atoms with Crippen molar-refractivity contribution in [2.24, 2.45) is 0 Å². The molecule has 1 N–H and O–H groups in total. The molecule has 21 heavy (non-hydrogen) atoms. The second-order valence-electron chi connectivity index (χ2n) is 6.33. The second-order valence-corrected chi connectivity index (χ2v) is 6.33. The Bertz CT molecular complexity index is 448. The molecule has 0 aromatic carbocycles. The van der Waals surface area contributed by atoms with Crippen LogP contribution in [0, 0.1) is 0 Å². The first kappa shape index (κ1) is 15.0. The normalized spacial score (nSPS) is 24.3. The van der Waals surface area contributed by atoms with Crippen LogP contribution in [-0.2, 0) is 15.9 Å². The average molecular weight is 294 g/mol. The van der Waals surface area contributed by atoms with Crippen molar-refractivity contribution in [3.63, 3.8) is 0 Å². The van der Waals surface area contributed by atoms with Crippen molar-refractivity contribution in [3.05, 3.63) is 18.0 Å². The monoisotopic (exact) mass is 294 g/mol. The number of hydrogen-bond acceptors (Lipinski definition) is 4. The Hall–Kier alpha value is -0.910. The number of hydrogen-bond donors (Lipinski definition) is 1. The Kier molecular flexibility index (Phi) is 4.62. The van der Waals surface area contributed by atoms with Crippen LogP contribution in [-0.4, -0.2) is 46.9 Å². The zero-order chi connectivity index (χ0) is 14.7. The first-order chi connectivity index (χ1) is 10.2. The molecule has 3 rings (SSSR count). The molecule has 0 bridgehead atoms. The maximum absolute atomic E-state index is 10.6. The summed E-state index contributed by atoms with van der Waals surface area (Å²) in [5, 5.41) is 15.3. The fraction of sp³-hybridized carbons (Fsp3) is 0.812. The lowest BCUT2D eigenvalue weighted by Gasteiger charge is -2.39. The zero-order valence-corrected chi connectivity index (χ0v) is 12.8. The summed E-state index contributed by atoms with van der Waals surface area (Å²) in [6.07, 6.45) is 8.62. The van der Waals surface area contributed by atoms with Gasteiger partial charge in [-0.3, -0.25) is 4.68 Å². The molecular weight excluding hydrogens is 268 g/mol. The molecule has 5 nitrogen and oxygen atoms in total. The number of nitrogens with zero attached hydrogens (tertiary/aromatic N) is 2. The third-order valence-electron chi connectivity index (χ3n) is 5.12. The third-order valence-corrected chi connectivity index (χ3v) is 5.12. The van der Waals surface area contributed by atoms with E-state index in [0.29, 0.717) is 25.7 Å². The van der Waals surface area contributed by atoms with Gasteiger partial charge in [-0.05, 0) is 18.9 Å². The lowest BCUT2D eigenvalue weighted by Crippen LogP contribution is -2.49. The first-order valence-electron chi connectivity index (χ1n) is 8.08. The van der Waals surface area contributed by atoms with E-state index in [1.54, 1.807) is 7.11 Å². The summed E-state index contributed by atoms with van der Waals surface area (Å²) in [5.41, 5.74) is 0.479. The highest BCUT2D eigenvalue weighted by atomic mass is 16.5. The standard InChI is InChI=1S/C16H26N2O3/c1-20-16(7-10-21-11-8-16)15(19)12-13-6-9-18(17-13)14-4-2-3-5-14/h6,9,14-15,19H,2-5,7-8,10-12H2,1H3. The fourth-order valence-corrected chi connectivity index (χ4v) is 3.63. The Morgan fingerprint density at radius 1 is 1.43 bits per heavy atom. The molecule has 1 atom stereocenters. The predicted molar refractivity (Wildman–Crippen MR) is 79.2 cm³/mol. The minimum absolute atomic E-state index is 0.477. The number of aliphatic hydroxyl groups excluding tert-OH is 1. The van der Waals surface area contributed by atoms with E-state index >= 15 is 0 Å². The Balaban J connectivity index is 1.64. The maximum Gasteiger partial charge on any atom is 0.0983 e. The molecule has 5 heteroatoms. The first-order valence-corrected chi connectivity index (χ1v) is 8.08. The van der Waals surface area contributed by atoms with Crippen LogP contribution in [0.4, 0.5) is 0 Å². The van der Waals surface area contributed by atoms with Gasteiger partial charge in [-0.15, -0.1) is 0 Å². The van der Waals surface area contributed by atoms with E-state index in [4.69, 9.17) is 9.47 Å². The lowest BCUT2D eigenvalue weighted by molar-refractivity contribution is -0.151. The molecule has 1 aliphatic heterocycles. The molecule has 1 aromatic rings. The molecular formula is C16H26N2O3. The highest BCUT2D eigenvalue weighted by Crippen LogP contribution is 2.31. The molecule has 0 spiro atoms. The topological polar surface area (TPSA) is 56.5 Å². The second kappa shape index (κ2) is 6.46. The van der Waals surface area contributed by atoms with Crippen molar-refractivity contribution >= 4 is 0 Å². The van der Waals surface area contributed by atoms with Crippen LogP contribution in [0.25, 0.3) is 0 Å². The molecule has 1 saturated heterocycles. The van der Waals surface area contributed by atoms with E-state index in [0.717, 1.165) is 18.5 Å². The molecule has 1 aromatic heterocycles. The molecule has 1 aliphatic carbocycles. The van der Waals surface area contributed by atoms with Gasteiger partial charge in [0, 0.05) is 45.8 Å². The molecule has 2 heterocycles. The van der Waals surface area contributed by atoms with Crippen molar-refractivity contribution in [2.45, 2.75) is 62.7 Å². The third kappa shape index (κ3) is 3.15. The number of aromatic nitrogens is 2. The van der Waals surface area contributed by atoms with Crippen LogP contribution >= 0.6 is 0 Å². The summed E-state index contributed by atoms with van der Waals surface area (Å²) in [6, 6.07) is 2.58. The van der Waals surface area contributed by atoms with Gasteiger partial charge in [0.25, 0.3) is 0 Å². The maximum atomic E-state index is 10.6. The highest BCUT2D eigenvalue weighted by molar-refractivity contribution is 5.05. The molecule has 1 saturated carbocycles. The van der Waals surface area contributed by atoms with Crippen LogP contribution < -0.4 is 0 Å². The van der Waals surface area contributed by atoms with Gasteiger partial charge in [-0.25, -0.2) is 0 Å². The van der Waals surface area contributed by atoms with Crippen LogP contribution in [0.5, 0.6) is 0 Å². The van der Waals surface area contributed by atoms with E-state index in [9.17, 15) is 5.11 Å². The average Bonchev–Trinajstić information content (AvgIpc) is 3.18. The summed E-state index contributed by atoms with van der Waals surface area (Å²) in [4.78, 5) is 0. The van der Waals surface area contributed by atoms with Crippen LogP contribution in [0.1, 0.15) is 50.3 Å². The fourth-order valence-electron chi connectivity index (χ4n) is 3.63. The van der Waals surface area contributed by atoms with E-state index < -0.39 is 11.7 Å². The molecule has 0 amide bonds. The van der Waals surface area contributed by atoms with E-state index in [2.05, 4.69) is 16.0 Å². The van der Waals surface area contributed by atoms with Gasteiger partial charge < -0.3 is 14.6 Å². The van der Waals surface area contributed by atoms with Crippen molar-refractivity contribution in [3.8, 4) is 0 Å². The van der Waals surface area contributed by atoms with Gasteiger partial charge in [-0.1, -0.05) is 12.8 Å². The van der Waals surface area contributed by atoms with Crippen LogP contribution in [0.2, 0.25) is 0 Å². The number of methoxy groups -OCH3 is 1. The van der Waals surface area contributed by atoms with Crippen LogP contribution in [0.3, 0.4) is 0 Å². The summed E-state index contributed by atoms with van der Waals surface area (Å²) in [5.74, 6) is 0. The number of rotatable bonds is 5. The smallest absolute Gasteiger partial charge is 0.0983 e. The van der Waals surface area contributed by atoms with E-state index in [1.807, 2.05) is 6.07 Å². The zero-order valence-electron chi connectivity index (χ0n) is 12.8. The van der Waals surface area contributed by atoms with Gasteiger partial charge in [0.15, 0.2) is 0 Å². The molecule has 2 fully saturated rings. The molecule has 2 aliphatic rings. The number of ether oxygens (including phenoxy) is 2. The minimum atomic E-state index is -0.529. The van der Waals surface area contributed by atoms with Gasteiger partial charge in [-0.2, -0.15) is 5.10 Å². The summed E-state index contributed by atoms with van der Waals surface area (Å²) >= 11 is 0. The quantitative estimate of drug-likeness (QED) is 0.903. The van der Waals surface area contributed by atoms with Crippen molar-refractivity contribution in [2.75, 3.05) is 20.3 Å². The van der Waals surface area contributed by atoms with E-state index in [-0.39, 0.29) is 0 Å². The largest absolute Gasteiger partial charge is 0.390 e. The Labute approximate surface area is 126 Å². The molecule has 1 unspecified atom stereocenters. The molecule has 118 valence electrons. The van der Waals surface area contributed by atoms with Gasteiger partial charge in [0.1, 0.15) is 0 Å². The summed E-state index contributed by atoms with van der Waals surface area (Å²) < 4.78 is 13.1. The van der Waals surface area contributed by atoms with Gasteiger partial charge >= 0.3 is 0 Å². The lowest BCUT2D eigenvalue weighted by atomic mass is 9.85. The number of aliphatic hydroxyl groups is 1.